The molecule has 1 aliphatic rings. The molecule has 0 aliphatic carbocycles. The van der Waals surface area contributed by atoms with Gasteiger partial charge < -0.3 is 15.1 Å². The van der Waals surface area contributed by atoms with Crippen LogP contribution in [0.1, 0.15) is 20.8 Å². The Balaban J connectivity index is 2.65. The third kappa shape index (κ3) is 2.72. The molecule has 0 saturated carbocycles. The minimum Gasteiger partial charge on any atom is -0.342 e. The summed E-state index contributed by atoms with van der Waals surface area (Å²) in [4.78, 5) is 26.9. The van der Waals surface area contributed by atoms with E-state index in [0.29, 0.717) is 13.1 Å². The molecule has 16 heavy (non-hydrogen) atoms. The van der Waals surface area contributed by atoms with E-state index >= 15 is 0 Å². The second-order valence-corrected chi connectivity index (χ2v) is 4.70. The summed E-state index contributed by atoms with van der Waals surface area (Å²) in [5.41, 5.74) is -0.592. The number of likely N-dealkylation sites (N-methyl/N-ethyl adjacent to an activating group) is 2. The van der Waals surface area contributed by atoms with Crippen molar-refractivity contribution in [2.45, 2.75) is 26.3 Å². The Labute approximate surface area is 96.8 Å². The lowest BCUT2D eigenvalue weighted by atomic mass is 10.0. The lowest BCUT2D eigenvalue weighted by Crippen LogP contribution is -2.59. The highest BCUT2D eigenvalue weighted by atomic mass is 16.2. The third-order valence-corrected chi connectivity index (χ3v) is 2.90. The molecule has 0 radical (unpaired) electrons. The van der Waals surface area contributed by atoms with Crippen molar-refractivity contribution in [3.8, 4) is 0 Å². The van der Waals surface area contributed by atoms with Gasteiger partial charge in [-0.15, -0.1) is 0 Å². The highest BCUT2D eigenvalue weighted by Gasteiger charge is 2.34. The Bertz CT molecular complexity index is 289. The molecule has 2 amide bonds. The predicted molar refractivity (Wildman–Crippen MR) is 62.0 cm³/mol. The summed E-state index contributed by atoms with van der Waals surface area (Å²) in [5, 5.41) is 3.13. The van der Waals surface area contributed by atoms with E-state index in [9.17, 15) is 9.59 Å². The fourth-order valence-electron chi connectivity index (χ4n) is 1.84. The van der Waals surface area contributed by atoms with E-state index in [4.69, 9.17) is 0 Å². The molecule has 0 aromatic carbocycles. The van der Waals surface area contributed by atoms with Crippen LogP contribution in [0, 0.1) is 0 Å². The molecule has 0 bridgehead atoms. The second-order valence-electron chi connectivity index (χ2n) is 4.70. The molecule has 1 heterocycles. The van der Waals surface area contributed by atoms with Gasteiger partial charge in [-0.2, -0.15) is 0 Å². The number of rotatable bonds is 3. The third-order valence-electron chi connectivity index (χ3n) is 2.90. The lowest BCUT2D eigenvalue weighted by molar-refractivity contribution is -0.147. The van der Waals surface area contributed by atoms with E-state index in [0.717, 1.165) is 6.54 Å². The maximum atomic E-state index is 12.2. The summed E-state index contributed by atoms with van der Waals surface area (Å²) < 4.78 is 0. The number of piperazine rings is 1. The van der Waals surface area contributed by atoms with Crippen molar-refractivity contribution in [1.82, 2.24) is 15.1 Å². The number of nitrogens with one attached hydrogen (secondary N) is 1. The van der Waals surface area contributed by atoms with Crippen molar-refractivity contribution in [1.29, 1.82) is 0 Å². The van der Waals surface area contributed by atoms with Gasteiger partial charge in [0.1, 0.15) is 0 Å². The van der Waals surface area contributed by atoms with Gasteiger partial charge in [-0.3, -0.25) is 9.59 Å². The Morgan fingerprint density at radius 1 is 1.44 bits per heavy atom. The fraction of sp³-hybridized carbons (Fsp3) is 0.818. The quantitative estimate of drug-likeness (QED) is 0.718. The molecule has 0 aromatic heterocycles. The molecule has 0 spiro atoms. The topological polar surface area (TPSA) is 52.7 Å². The van der Waals surface area contributed by atoms with E-state index in [1.54, 1.807) is 16.8 Å². The van der Waals surface area contributed by atoms with Gasteiger partial charge in [0.15, 0.2) is 0 Å². The molecule has 1 rings (SSSR count). The second kappa shape index (κ2) is 4.82. The van der Waals surface area contributed by atoms with Crippen molar-refractivity contribution in [3.05, 3.63) is 0 Å². The number of hydrogen-bond donors (Lipinski definition) is 1. The first-order valence-electron chi connectivity index (χ1n) is 5.67. The summed E-state index contributed by atoms with van der Waals surface area (Å²) in [7, 11) is 1.76. The summed E-state index contributed by atoms with van der Waals surface area (Å²) in [6, 6.07) is 0. The standard InChI is InChI=1S/C11H21N3O2/c1-5-12-11(2,3)10(16)14-7-6-13(4)9(15)8-14/h12H,5-8H2,1-4H3. The smallest absolute Gasteiger partial charge is 0.242 e. The minimum absolute atomic E-state index is 0.00389. The summed E-state index contributed by atoms with van der Waals surface area (Å²) in [5.74, 6) is 0.00250. The molecule has 1 aliphatic heterocycles. The minimum atomic E-state index is -0.592. The summed E-state index contributed by atoms with van der Waals surface area (Å²) >= 11 is 0. The highest BCUT2D eigenvalue weighted by molar-refractivity contribution is 5.90. The molecule has 0 unspecified atom stereocenters. The zero-order valence-electron chi connectivity index (χ0n) is 10.5. The molecular formula is C11H21N3O2. The molecule has 0 atom stereocenters. The SMILES string of the molecule is CCNC(C)(C)C(=O)N1CCN(C)C(=O)C1. The van der Waals surface area contributed by atoms with Gasteiger partial charge >= 0.3 is 0 Å². The first kappa shape index (κ1) is 13.0. The van der Waals surface area contributed by atoms with Crippen molar-refractivity contribution in [3.63, 3.8) is 0 Å². The van der Waals surface area contributed by atoms with Gasteiger partial charge in [-0.25, -0.2) is 0 Å². The first-order valence-corrected chi connectivity index (χ1v) is 5.67. The van der Waals surface area contributed by atoms with E-state index in [-0.39, 0.29) is 18.4 Å². The van der Waals surface area contributed by atoms with Crippen LogP contribution in [0.15, 0.2) is 0 Å². The van der Waals surface area contributed by atoms with Crippen molar-refractivity contribution < 1.29 is 9.59 Å². The Kier molecular flexibility index (Phi) is 3.91. The van der Waals surface area contributed by atoms with Gasteiger partial charge in [0.2, 0.25) is 11.8 Å². The molecule has 92 valence electrons. The van der Waals surface area contributed by atoms with Crippen LogP contribution in [0.2, 0.25) is 0 Å². The average molecular weight is 227 g/mol. The van der Waals surface area contributed by atoms with Crippen LogP contribution in [0.4, 0.5) is 0 Å². The number of carbonyl (C=O) groups is 2. The van der Waals surface area contributed by atoms with E-state index < -0.39 is 5.54 Å². The summed E-state index contributed by atoms with van der Waals surface area (Å²) in [6.07, 6.45) is 0. The Hall–Kier alpha value is -1.10. The molecule has 5 nitrogen and oxygen atoms in total. The normalized spacial score (nSPS) is 17.9. The van der Waals surface area contributed by atoms with Crippen LogP contribution in [0.25, 0.3) is 0 Å². The van der Waals surface area contributed by atoms with Crippen LogP contribution in [-0.4, -0.2) is 60.4 Å². The van der Waals surface area contributed by atoms with E-state index in [1.165, 1.54) is 0 Å². The maximum absolute atomic E-state index is 12.2. The molecule has 0 aromatic rings. The molecule has 5 heteroatoms. The monoisotopic (exact) mass is 227 g/mol. The van der Waals surface area contributed by atoms with Gasteiger partial charge in [0, 0.05) is 20.1 Å². The van der Waals surface area contributed by atoms with Gasteiger partial charge in [-0.1, -0.05) is 6.92 Å². The molecular weight excluding hydrogens is 206 g/mol. The van der Waals surface area contributed by atoms with Crippen LogP contribution in [0.5, 0.6) is 0 Å². The molecule has 1 saturated heterocycles. The Morgan fingerprint density at radius 2 is 2.06 bits per heavy atom. The predicted octanol–water partition coefficient (Wildman–Crippen LogP) is -0.325. The van der Waals surface area contributed by atoms with Gasteiger partial charge in [0.05, 0.1) is 12.1 Å². The Morgan fingerprint density at radius 3 is 2.56 bits per heavy atom. The van der Waals surface area contributed by atoms with Crippen LogP contribution >= 0.6 is 0 Å². The maximum Gasteiger partial charge on any atom is 0.242 e. The zero-order valence-corrected chi connectivity index (χ0v) is 10.5. The number of amides is 2. The largest absolute Gasteiger partial charge is 0.342 e. The van der Waals surface area contributed by atoms with E-state index in [1.807, 2.05) is 20.8 Å². The van der Waals surface area contributed by atoms with Crippen molar-refractivity contribution in [2.75, 3.05) is 33.2 Å². The molecule has 1 fully saturated rings. The van der Waals surface area contributed by atoms with Crippen LogP contribution in [-0.2, 0) is 9.59 Å². The zero-order chi connectivity index (χ0) is 12.3. The van der Waals surface area contributed by atoms with Gasteiger partial charge in [-0.05, 0) is 20.4 Å². The van der Waals surface area contributed by atoms with E-state index in [2.05, 4.69) is 5.32 Å². The number of hydrogen-bond acceptors (Lipinski definition) is 3. The lowest BCUT2D eigenvalue weighted by Gasteiger charge is -2.37. The highest BCUT2D eigenvalue weighted by Crippen LogP contribution is 2.10. The van der Waals surface area contributed by atoms with Crippen molar-refractivity contribution >= 4 is 11.8 Å². The average Bonchev–Trinajstić information content (AvgIpc) is 2.21. The number of nitrogens with zero attached hydrogens (tertiary/aromatic N) is 2. The van der Waals surface area contributed by atoms with Crippen LogP contribution < -0.4 is 5.32 Å². The summed E-state index contributed by atoms with van der Waals surface area (Å²) in [6.45, 7) is 7.83. The fourth-order valence-corrected chi connectivity index (χ4v) is 1.84. The molecule has 1 N–H and O–H groups in total. The number of carbonyl (C=O) groups excluding carboxylic acids is 2. The van der Waals surface area contributed by atoms with Crippen LogP contribution in [0.3, 0.4) is 0 Å². The first-order chi connectivity index (χ1) is 7.38. The van der Waals surface area contributed by atoms with Crippen molar-refractivity contribution in [2.24, 2.45) is 0 Å². The van der Waals surface area contributed by atoms with Gasteiger partial charge in [0.25, 0.3) is 0 Å².